The van der Waals surface area contributed by atoms with Crippen molar-refractivity contribution in [1.29, 1.82) is 0 Å². The number of fused-ring (bicyclic) bond motifs is 2. The van der Waals surface area contributed by atoms with E-state index >= 15 is 0 Å². The van der Waals surface area contributed by atoms with Crippen molar-refractivity contribution in [2.45, 2.75) is 19.3 Å². The smallest absolute Gasteiger partial charge is 0.287 e. The van der Waals surface area contributed by atoms with E-state index in [4.69, 9.17) is 9.05 Å². The van der Waals surface area contributed by atoms with E-state index < -0.39 is 0 Å². The number of amides is 2. The third-order valence-corrected chi connectivity index (χ3v) is 6.96. The number of benzene rings is 1. The Morgan fingerprint density at radius 2 is 1.97 bits per heavy atom. The standard InChI is InChI=1S/C23H21N5O4/c29-21(19-10-14-3-6-24-13-20(14)31-19)25-12-16-11-23(16)4-7-28(8-5-23)22(30)15-1-2-17-18(9-15)27-32-26-17/h1-3,6,9-10,13,16H,4-5,7-8,11-12H2,(H,25,29). The highest BCUT2D eigenvalue weighted by Crippen LogP contribution is 2.59. The van der Waals surface area contributed by atoms with Crippen molar-refractivity contribution in [3.63, 3.8) is 0 Å². The highest BCUT2D eigenvalue weighted by Gasteiger charge is 2.54. The molecular weight excluding hydrogens is 410 g/mol. The summed E-state index contributed by atoms with van der Waals surface area (Å²) < 4.78 is 10.3. The van der Waals surface area contributed by atoms with Gasteiger partial charge in [-0.1, -0.05) is 0 Å². The minimum absolute atomic E-state index is 0.00891. The van der Waals surface area contributed by atoms with Crippen molar-refractivity contribution in [1.82, 2.24) is 25.5 Å². The van der Waals surface area contributed by atoms with Gasteiger partial charge in [-0.15, -0.1) is 0 Å². The molecular formula is C23H21N5O4. The van der Waals surface area contributed by atoms with Gasteiger partial charge in [-0.05, 0) is 71.2 Å². The van der Waals surface area contributed by atoms with E-state index in [1.807, 2.05) is 11.0 Å². The lowest BCUT2D eigenvalue weighted by molar-refractivity contribution is 0.0669. The number of pyridine rings is 1. The van der Waals surface area contributed by atoms with Crippen LogP contribution in [0.5, 0.6) is 0 Å². The molecule has 3 aromatic heterocycles. The first-order valence-corrected chi connectivity index (χ1v) is 10.7. The number of nitrogens with one attached hydrogen (secondary N) is 1. The molecule has 2 aliphatic rings. The molecule has 1 atom stereocenters. The summed E-state index contributed by atoms with van der Waals surface area (Å²) in [5.41, 5.74) is 2.66. The van der Waals surface area contributed by atoms with E-state index in [9.17, 15) is 9.59 Å². The predicted octanol–water partition coefficient (Wildman–Crippen LogP) is 3.04. The first-order valence-electron chi connectivity index (χ1n) is 10.7. The zero-order valence-electron chi connectivity index (χ0n) is 17.3. The molecule has 162 valence electrons. The fourth-order valence-electron chi connectivity index (χ4n) is 4.89. The number of nitrogens with zero attached hydrogens (tertiary/aromatic N) is 4. The lowest BCUT2D eigenvalue weighted by Crippen LogP contribution is -2.40. The minimum atomic E-state index is -0.200. The van der Waals surface area contributed by atoms with Crippen LogP contribution in [0, 0.1) is 11.3 Å². The largest absolute Gasteiger partial charge is 0.449 e. The van der Waals surface area contributed by atoms with E-state index in [0.29, 0.717) is 40.4 Å². The third-order valence-electron chi connectivity index (χ3n) is 6.96. The molecule has 0 radical (unpaired) electrons. The van der Waals surface area contributed by atoms with Gasteiger partial charge < -0.3 is 14.6 Å². The minimum Gasteiger partial charge on any atom is -0.449 e. The second-order valence-corrected chi connectivity index (χ2v) is 8.76. The van der Waals surface area contributed by atoms with E-state index in [2.05, 4.69) is 20.6 Å². The van der Waals surface area contributed by atoms with Crippen LogP contribution >= 0.6 is 0 Å². The van der Waals surface area contributed by atoms with Crippen molar-refractivity contribution in [3.8, 4) is 0 Å². The van der Waals surface area contributed by atoms with Gasteiger partial charge in [0.2, 0.25) is 0 Å². The molecule has 2 fully saturated rings. The highest BCUT2D eigenvalue weighted by molar-refractivity contribution is 5.97. The number of furan rings is 1. The molecule has 1 aliphatic carbocycles. The molecule has 1 saturated carbocycles. The molecule has 9 nitrogen and oxygen atoms in total. The summed E-state index contributed by atoms with van der Waals surface area (Å²) in [6.07, 6.45) is 6.26. The molecule has 1 spiro atoms. The Labute approximate surface area is 182 Å². The molecule has 1 aliphatic heterocycles. The van der Waals surface area contributed by atoms with Gasteiger partial charge in [0.1, 0.15) is 11.0 Å². The Bertz CT molecular complexity index is 1300. The van der Waals surface area contributed by atoms with Gasteiger partial charge in [-0.3, -0.25) is 14.6 Å². The summed E-state index contributed by atoms with van der Waals surface area (Å²) in [6, 6.07) is 8.81. The maximum atomic E-state index is 12.9. The molecule has 6 rings (SSSR count). The van der Waals surface area contributed by atoms with Crippen LogP contribution in [0.1, 0.15) is 40.2 Å². The number of hydrogen-bond donors (Lipinski definition) is 1. The quantitative estimate of drug-likeness (QED) is 0.528. The molecule has 32 heavy (non-hydrogen) atoms. The van der Waals surface area contributed by atoms with Crippen molar-refractivity contribution in [3.05, 3.63) is 54.0 Å². The van der Waals surface area contributed by atoms with Gasteiger partial charge >= 0.3 is 0 Å². The summed E-state index contributed by atoms with van der Waals surface area (Å²) >= 11 is 0. The predicted molar refractivity (Wildman–Crippen MR) is 114 cm³/mol. The number of carbonyl (C=O) groups excluding carboxylic acids is 2. The molecule has 1 aromatic carbocycles. The zero-order valence-corrected chi connectivity index (χ0v) is 17.3. The third kappa shape index (κ3) is 3.21. The number of rotatable bonds is 4. The topological polar surface area (TPSA) is 114 Å². The van der Waals surface area contributed by atoms with Crippen LogP contribution in [0.4, 0.5) is 0 Å². The van der Waals surface area contributed by atoms with Crippen LogP contribution in [0.3, 0.4) is 0 Å². The average molecular weight is 431 g/mol. The Balaban J connectivity index is 1.03. The summed E-state index contributed by atoms with van der Waals surface area (Å²) in [5, 5.41) is 11.5. The number of carbonyl (C=O) groups is 2. The molecule has 4 heterocycles. The molecule has 4 aromatic rings. The zero-order chi connectivity index (χ0) is 21.7. The van der Waals surface area contributed by atoms with E-state index in [1.165, 1.54) is 0 Å². The SMILES string of the molecule is O=C(NCC1CC12CCN(C(=O)c1ccc3nonc3c1)CC2)c1cc2ccncc2o1. The second-order valence-electron chi connectivity index (χ2n) is 8.76. The second kappa shape index (κ2) is 7.15. The van der Waals surface area contributed by atoms with E-state index in [1.54, 1.807) is 36.7 Å². The molecule has 0 bridgehead atoms. The number of likely N-dealkylation sites (tertiary alicyclic amines) is 1. The first kappa shape index (κ1) is 19.0. The maximum absolute atomic E-state index is 12.9. The summed E-state index contributed by atoms with van der Waals surface area (Å²) in [5.74, 6) is 0.554. The Morgan fingerprint density at radius 1 is 1.12 bits per heavy atom. The maximum Gasteiger partial charge on any atom is 0.287 e. The van der Waals surface area contributed by atoms with Gasteiger partial charge in [-0.2, -0.15) is 0 Å². The fourth-order valence-corrected chi connectivity index (χ4v) is 4.89. The van der Waals surface area contributed by atoms with Crippen LogP contribution in [-0.2, 0) is 0 Å². The van der Waals surface area contributed by atoms with Gasteiger partial charge in [0.25, 0.3) is 11.8 Å². The molecule has 9 heteroatoms. The van der Waals surface area contributed by atoms with Crippen molar-refractivity contribution in [2.24, 2.45) is 11.3 Å². The lowest BCUT2D eigenvalue weighted by atomic mass is 9.90. The molecule has 2 amide bonds. The van der Waals surface area contributed by atoms with Crippen molar-refractivity contribution >= 4 is 33.8 Å². The van der Waals surface area contributed by atoms with Gasteiger partial charge in [0.15, 0.2) is 11.3 Å². The van der Waals surface area contributed by atoms with E-state index in [-0.39, 0.29) is 17.2 Å². The molecule has 1 saturated heterocycles. The fraction of sp³-hybridized carbons (Fsp3) is 0.348. The Kier molecular flexibility index (Phi) is 4.24. The number of piperidine rings is 1. The van der Waals surface area contributed by atoms with Gasteiger partial charge in [0, 0.05) is 36.8 Å². The summed E-state index contributed by atoms with van der Waals surface area (Å²) in [4.78, 5) is 31.3. The number of hydrogen-bond acceptors (Lipinski definition) is 7. The molecule has 1 N–H and O–H groups in total. The first-order chi connectivity index (χ1) is 15.6. The van der Waals surface area contributed by atoms with Gasteiger partial charge in [-0.25, -0.2) is 4.63 Å². The van der Waals surface area contributed by atoms with Crippen molar-refractivity contribution in [2.75, 3.05) is 19.6 Å². The van der Waals surface area contributed by atoms with Crippen molar-refractivity contribution < 1.29 is 18.6 Å². The average Bonchev–Trinajstić information content (AvgIpc) is 3.18. The van der Waals surface area contributed by atoms with Crippen LogP contribution in [0.15, 0.2) is 51.8 Å². The Morgan fingerprint density at radius 3 is 2.81 bits per heavy atom. The summed E-state index contributed by atoms with van der Waals surface area (Å²) in [7, 11) is 0. The van der Waals surface area contributed by atoms with Crippen LogP contribution in [0.25, 0.3) is 22.0 Å². The lowest BCUT2D eigenvalue weighted by Gasteiger charge is -2.33. The molecule has 1 unspecified atom stereocenters. The summed E-state index contributed by atoms with van der Waals surface area (Å²) in [6.45, 7) is 2.06. The van der Waals surface area contributed by atoms with Crippen LogP contribution < -0.4 is 5.32 Å². The highest BCUT2D eigenvalue weighted by atomic mass is 16.6. The normalized spacial score (nSPS) is 19.5. The van der Waals surface area contributed by atoms with Gasteiger partial charge in [0.05, 0.1) is 6.20 Å². The van der Waals surface area contributed by atoms with Crippen LogP contribution in [0.2, 0.25) is 0 Å². The Hall–Kier alpha value is -3.75. The van der Waals surface area contributed by atoms with Crippen LogP contribution in [-0.4, -0.2) is 51.6 Å². The number of aromatic nitrogens is 3. The monoisotopic (exact) mass is 431 g/mol. The van der Waals surface area contributed by atoms with E-state index in [0.717, 1.165) is 37.7 Å².